The third kappa shape index (κ3) is 8.33. The van der Waals surface area contributed by atoms with E-state index >= 15 is 0 Å². The van der Waals surface area contributed by atoms with Gasteiger partial charge in [0.25, 0.3) is 0 Å². The van der Waals surface area contributed by atoms with E-state index in [1.54, 1.807) is 19.9 Å². The van der Waals surface area contributed by atoms with Crippen LogP contribution in [0.5, 0.6) is 0 Å². The Hall–Kier alpha value is -2.13. The minimum atomic E-state index is -4.02. The molecule has 0 amide bonds. The van der Waals surface area contributed by atoms with Crippen LogP contribution in [0.4, 0.5) is 5.82 Å². The number of aliphatic hydroxyl groups is 3. The number of hydrogen-bond acceptors (Lipinski definition) is 12. The first-order valence-electron chi connectivity index (χ1n) is 14.2. The van der Waals surface area contributed by atoms with E-state index in [0.717, 1.165) is 47.8 Å². The van der Waals surface area contributed by atoms with Crippen LogP contribution in [-0.4, -0.2) is 86.5 Å². The number of carbonyl (C=O) groups excluding carboxylic acids is 1. The Morgan fingerprint density at radius 1 is 1.23 bits per heavy atom. The van der Waals surface area contributed by atoms with E-state index < -0.39 is 49.5 Å². The summed E-state index contributed by atoms with van der Waals surface area (Å²) < 4.78 is 32.0. The molecular weight excluding hydrogens is 599 g/mol. The van der Waals surface area contributed by atoms with Crippen molar-refractivity contribution in [2.24, 2.45) is 5.41 Å². The number of ether oxygens (including phenoxy) is 1. The van der Waals surface area contributed by atoms with E-state index in [2.05, 4.69) is 10.1 Å². The average Bonchev–Trinajstić information content (AvgIpc) is 3.61. The number of carbonyl (C=O) groups is 1. The molecule has 2 aliphatic heterocycles. The Bertz CT molecular complexity index is 1340. The second kappa shape index (κ2) is 14.3. The van der Waals surface area contributed by atoms with E-state index in [9.17, 15) is 29.5 Å². The predicted molar refractivity (Wildman–Crippen MR) is 162 cm³/mol. The lowest BCUT2D eigenvalue weighted by Gasteiger charge is -2.28. The molecule has 3 heterocycles. The largest absolute Gasteiger partial charge is 0.405 e. The van der Waals surface area contributed by atoms with E-state index in [1.165, 1.54) is 13.1 Å². The molecule has 238 valence electrons. The Morgan fingerprint density at radius 3 is 2.58 bits per heavy atom. The third-order valence-electron chi connectivity index (χ3n) is 7.51. The number of hydrogen-bond donors (Lipinski definition) is 4. The lowest BCUT2D eigenvalue weighted by molar-refractivity contribution is -0.119. The van der Waals surface area contributed by atoms with E-state index in [1.807, 2.05) is 35.2 Å². The topological polar surface area (TPSA) is 173 Å². The van der Waals surface area contributed by atoms with Gasteiger partial charge in [0.1, 0.15) is 23.6 Å². The molecule has 0 saturated carbocycles. The lowest BCUT2D eigenvalue weighted by Crippen LogP contribution is -2.46. The third-order valence-corrected chi connectivity index (χ3v) is 10.2. The van der Waals surface area contributed by atoms with Crippen LogP contribution >= 0.6 is 19.5 Å². The summed E-state index contributed by atoms with van der Waals surface area (Å²) in [5.74, 6) is 0.699. The van der Waals surface area contributed by atoms with Gasteiger partial charge in [-0.15, -0.1) is 0 Å². The van der Waals surface area contributed by atoms with Crippen molar-refractivity contribution >= 4 is 30.4 Å². The van der Waals surface area contributed by atoms with Crippen molar-refractivity contribution in [3.63, 3.8) is 0 Å². The normalized spacial score (nSPS) is 25.6. The molecule has 15 heteroatoms. The van der Waals surface area contributed by atoms with E-state index in [4.69, 9.17) is 13.8 Å². The molecule has 1 aromatic carbocycles. The van der Waals surface area contributed by atoms with Crippen LogP contribution in [0.3, 0.4) is 0 Å². The highest BCUT2D eigenvalue weighted by molar-refractivity contribution is 8.13. The van der Waals surface area contributed by atoms with Crippen LogP contribution < -0.4 is 15.7 Å². The van der Waals surface area contributed by atoms with Crippen molar-refractivity contribution in [3.05, 3.63) is 58.6 Å². The maximum Gasteiger partial charge on any atom is 0.405 e. The first kappa shape index (κ1) is 33.8. The fourth-order valence-corrected chi connectivity index (χ4v) is 6.96. The lowest BCUT2D eigenvalue weighted by atomic mass is 9.96. The second-order valence-corrected chi connectivity index (χ2v) is 14.4. The standard InChI is InChI=1S/C28H41N4O9PS/c1-27(2,19-33)25(35)43-16-15-39-42(38,29-17-20-9-5-4-6-10-20)40-18-21-23(34)28(3,37)24(41-21)32-14-11-22(30-26(32)36)31-12-7-8-13-31/h4-6,9-11,14,21,23-24,33-34,37H,7-8,12-13,15-19H2,1-3H3,(H,29,38)/t21-,23-,24-,28-,42?/m1/s1. The molecule has 2 fully saturated rings. The summed E-state index contributed by atoms with van der Waals surface area (Å²) in [6.07, 6.45) is -0.429. The van der Waals surface area contributed by atoms with E-state index in [0.29, 0.717) is 5.82 Å². The highest BCUT2D eigenvalue weighted by Crippen LogP contribution is 2.46. The number of nitrogens with zero attached hydrogens (tertiary/aromatic N) is 3. The Kier molecular flexibility index (Phi) is 11.2. The van der Waals surface area contributed by atoms with Crippen LogP contribution in [0.2, 0.25) is 0 Å². The number of aromatic nitrogens is 2. The molecule has 13 nitrogen and oxygen atoms in total. The van der Waals surface area contributed by atoms with Gasteiger partial charge < -0.3 is 25.0 Å². The summed E-state index contributed by atoms with van der Waals surface area (Å²) in [7, 11) is -4.02. The number of thioether (sulfide) groups is 1. The summed E-state index contributed by atoms with van der Waals surface area (Å²) in [6, 6.07) is 10.8. The van der Waals surface area contributed by atoms with Crippen molar-refractivity contribution in [3.8, 4) is 0 Å². The van der Waals surface area contributed by atoms with E-state index in [-0.39, 0.29) is 30.6 Å². The molecule has 4 N–H and O–H groups in total. The zero-order valence-corrected chi connectivity index (χ0v) is 26.3. The summed E-state index contributed by atoms with van der Waals surface area (Å²) in [4.78, 5) is 31.4. The molecule has 0 bridgehead atoms. The zero-order valence-electron chi connectivity index (χ0n) is 24.6. The van der Waals surface area contributed by atoms with Gasteiger partial charge in [0.2, 0.25) is 0 Å². The van der Waals surface area contributed by atoms with Gasteiger partial charge in [-0.05, 0) is 45.2 Å². The first-order chi connectivity index (χ1) is 20.4. The summed E-state index contributed by atoms with van der Waals surface area (Å²) in [6.45, 7) is 5.49. The van der Waals surface area contributed by atoms with Crippen molar-refractivity contribution in [2.75, 3.05) is 43.6 Å². The maximum absolute atomic E-state index is 13.7. The fraction of sp³-hybridized carbons (Fsp3) is 0.607. The number of rotatable bonds is 14. The quantitative estimate of drug-likeness (QED) is 0.175. The van der Waals surface area contributed by atoms with Crippen LogP contribution in [-0.2, 0) is 29.7 Å². The van der Waals surface area contributed by atoms with Crippen molar-refractivity contribution in [1.29, 1.82) is 0 Å². The summed E-state index contributed by atoms with van der Waals surface area (Å²) >= 11 is 0.947. The summed E-state index contributed by atoms with van der Waals surface area (Å²) in [5.41, 5.74) is -2.65. The van der Waals surface area contributed by atoms with Crippen LogP contribution in [0.15, 0.2) is 47.4 Å². The Labute approximate surface area is 255 Å². The molecule has 2 saturated heterocycles. The highest BCUT2D eigenvalue weighted by atomic mass is 32.2. The van der Waals surface area contributed by atoms with Gasteiger partial charge in [0, 0.05) is 31.6 Å². The first-order valence-corrected chi connectivity index (χ1v) is 16.8. The molecule has 2 aromatic rings. The SMILES string of the molecule is CC(C)(CO)C(=O)SCCOP(=O)(NCc1ccccc1)OC[C@H]1O[C@@H](n2ccc(N3CCCC3)nc2=O)[C@](C)(O)[C@@H]1O. The molecular formula is C28H41N4O9PS. The number of anilines is 1. The molecule has 43 heavy (non-hydrogen) atoms. The monoisotopic (exact) mass is 640 g/mol. The van der Waals surface area contributed by atoms with Crippen molar-refractivity contribution in [1.82, 2.24) is 14.6 Å². The second-order valence-electron chi connectivity index (χ2n) is 11.5. The molecule has 2 aliphatic rings. The van der Waals surface area contributed by atoms with Gasteiger partial charge in [0.05, 0.1) is 25.2 Å². The minimum absolute atomic E-state index is 0.115. The van der Waals surface area contributed by atoms with Gasteiger partial charge in [0.15, 0.2) is 11.3 Å². The van der Waals surface area contributed by atoms with Crippen LogP contribution in [0.1, 0.15) is 45.4 Å². The Balaban J connectivity index is 1.42. The molecule has 5 atom stereocenters. The fourth-order valence-electron chi connectivity index (χ4n) is 4.72. The number of nitrogens with one attached hydrogen (secondary N) is 1. The van der Waals surface area contributed by atoms with Crippen LogP contribution in [0, 0.1) is 5.41 Å². The maximum atomic E-state index is 13.7. The number of benzene rings is 1. The predicted octanol–water partition coefficient (Wildman–Crippen LogP) is 2.06. The van der Waals surface area contributed by atoms with Gasteiger partial charge in [-0.25, -0.2) is 14.4 Å². The van der Waals surface area contributed by atoms with Gasteiger partial charge in [-0.1, -0.05) is 42.1 Å². The minimum Gasteiger partial charge on any atom is -0.395 e. The van der Waals surface area contributed by atoms with Crippen molar-refractivity contribution < 1.29 is 38.5 Å². The molecule has 4 rings (SSSR count). The van der Waals surface area contributed by atoms with Gasteiger partial charge >= 0.3 is 13.4 Å². The smallest absolute Gasteiger partial charge is 0.395 e. The molecule has 1 aromatic heterocycles. The molecule has 1 unspecified atom stereocenters. The summed E-state index contributed by atoms with van der Waals surface area (Å²) in [5, 5.41) is 34.1. The highest BCUT2D eigenvalue weighted by Gasteiger charge is 2.54. The number of aliphatic hydroxyl groups excluding tert-OH is 2. The molecule has 0 spiro atoms. The average molecular weight is 641 g/mol. The van der Waals surface area contributed by atoms with Crippen molar-refractivity contribution in [2.45, 2.75) is 64.2 Å². The van der Waals surface area contributed by atoms with Gasteiger partial charge in [-0.3, -0.25) is 18.4 Å². The van der Waals surface area contributed by atoms with Gasteiger partial charge in [-0.2, -0.15) is 4.98 Å². The van der Waals surface area contributed by atoms with Crippen LogP contribution in [0.25, 0.3) is 0 Å². The zero-order chi connectivity index (χ0) is 31.3. The molecule has 0 aliphatic carbocycles. The molecule has 0 radical (unpaired) electrons. The Morgan fingerprint density at radius 2 is 1.93 bits per heavy atom.